The van der Waals surface area contributed by atoms with E-state index in [2.05, 4.69) is 24.0 Å². The van der Waals surface area contributed by atoms with E-state index in [9.17, 15) is 4.79 Å². The first-order valence-electron chi connectivity index (χ1n) is 8.01. The number of piperidine rings is 1. The number of allylic oxidation sites excluding steroid dienone is 1. The van der Waals surface area contributed by atoms with E-state index in [1.807, 2.05) is 23.9 Å². The summed E-state index contributed by atoms with van der Waals surface area (Å²) in [5.74, 6) is 0.323. The van der Waals surface area contributed by atoms with E-state index in [4.69, 9.17) is 11.6 Å². The van der Waals surface area contributed by atoms with E-state index in [1.54, 1.807) is 0 Å². The summed E-state index contributed by atoms with van der Waals surface area (Å²) in [5.41, 5.74) is 2.30. The molecule has 0 aromatic heterocycles. The second-order valence-electron chi connectivity index (χ2n) is 6.16. The molecule has 1 unspecified atom stereocenters. The van der Waals surface area contributed by atoms with Crippen molar-refractivity contribution >= 4 is 29.1 Å². The third-order valence-corrected chi connectivity index (χ3v) is 6.10. The Labute approximate surface area is 141 Å². The van der Waals surface area contributed by atoms with E-state index in [0.29, 0.717) is 17.6 Å². The molecule has 1 atom stereocenters. The van der Waals surface area contributed by atoms with Gasteiger partial charge in [-0.3, -0.25) is 9.69 Å². The van der Waals surface area contributed by atoms with Gasteiger partial charge in [0.05, 0.1) is 6.54 Å². The predicted molar refractivity (Wildman–Crippen MR) is 94.4 cm³/mol. The third kappa shape index (κ3) is 3.76. The number of Topliss-reactive ketones (excluding diaryl/α,β-unsaturated/α-hetero) is 1. The molecule has 1 aromatic carbocycles. The largest absolute Gasteiger partial charge is 0.296 e. The molecule has 3 rings (SSSR count). The SMILES string of the molecule is CC1=C(C(=O)CN2CCCCC2)CC(c2ccc(Cl)cc2)S1. The molecule has 0 aliphatic carbocycles. The average Bonchev–Trinajstić information content (AvgIpc) is 2.91. The summed E-state index contributed by atoms with van der Waals surface area (Å²) in [5, 5.41) is 1.12. The molecule has 0 N–H and O–H groups in total. The molecule has 2 nitrogen and oxygen atoms in total. The number of hydrogen-bond donors (Lipinski definition) is 0. The molecule has 1 fully saturated rings. The standard InChI is InChI=1S/C18H22ClNOS/c1-13-16(17(21)12-20-9-3-2-4-10-20)11-18(22-13)14-5-7-15(19)8-6-14/h5-8,18H,2-4,9-12H2,1H3. The second kappa shape index (κ2) is 7.20. The van der Waals surface area contributed by atoms with Crippen LogP contribution in [0.3, 0.4) is 0 Å². The molecule has 22 heavy (non-hydrogen) atoms. The van der Waals surface area contributed by atoms with Crippen molar-refractivity contribution in [3.63, 3.8) is 0 Å². The number of likely N-dealkylation sites (tertiary alicyclic amines) is 1. The topological polar surface area (TPSA) is 20.3 Å². The zero-order valence-electron chi connectivity index (χ0n) is 13.0. The van der Waals surface area contributed by atoms with Gasteiger partial charge in [0, 0.05) is 15.8 Å². The first kappa shape index (κ1) is 16.1. The molecule has 1 aromatic rings. The molecule has 2 aliphatic rings. The van der Waals surface area contributed by atoms with E-state index in [0.717, 1.165) is 30.1 Å². The Hall–Kier alpha value is -0.770. The molecule has 118 valence electrons. The maximum Gasteiger partial charge on any atom is 0.173 e. The van der Waals surface area contributed by atoms with Crippen LogP contribution in [0, 0.1) is 0 Å². The first-order chi connectivity index (χ1) is 10.6. The lowest BCUT2D eigenvalue weighted by atomic mass is 10.0. The van der Waals surface area contributed by atoms with Gasteiger partial charge in [-0.2, -0.15) is 0 Å². The normalized spacial score (nSPS) is 23.1. The van der Waals surface area contributed by atoms with Crippen LogP contribution in [-0.2, 0) is 4.79 Å². The van der Waals surface area contributed by atoms with Crippen LogP contribution in [-0.4, -0.2) is 30.3 Å². The van der Waals surface area contributed by atoms with Gasteiger partial charge in [0.2, 0.25) is 0 Å². The Morgan fingerprint density at radius 3 is 2.59 bits per heavy atom. The van der Waals surface area contributed by atoms with Crippen LogP contribution in [0.2, 0.25) is 5.02 Å². The Morgan fingerprint density at radius 1 is 1.23 bits per heavy atom. The van der Waals surface area contributed by atoms with Crippen LogP contribution < -0.4 is 0 Å². The molecule has 0 amide bonds. The molecule has 0 radical (unpaired) electrons. The molecular formula is C18H22ClNOS. The van der Waals surface area contributed by atoms with Gasteiger partial charge in [-0.25, -0.2) is 0 Å². The number of benzene rings is 1. The maximum absolute atomic E-state index is 12.6. The lowest BCUT2D eigenvalue weighted by molar-refractivity contribution is -0.117. The van der Waals surface area contributed by atoms with Gasteiger partial charge in [0.1, 0.15) is 0 Å². The zero-order chi connectivity index (χ0) is 15.5. The highest BCUT2D eigenvalue weighted by atomic mass is 35.5. The van der Waals surface area contributed by atoms with Crippen molar-refractivity contribution in [3.8, 4) is 0 Å². The fraction of sp³-hybridized carbons (Fsp3) is 0.500. The number of halogens is 1. The lowest BCUT2D eigenvalue weighted by Crippen LogP contribution is -2.35. The summed E-state index contributed by atoms with van der Waals surface area (Å²) in [6.07, 6.45) is 4.62. The van der Waals surface area contributed by atoms with Crippen molar-refractivity contribution in [1.29, 1.82) is 0 Å². The highest BCUT2D eigenvalue weighted by Gasteiger charge is 2.28. The first-order valence-corrected chi connectivity index (χ1v) is 9.26. The monoisotopic (exact) mass is 335 g/mol. The van der Waals surface area contributed by atoms with Crippen molar-refractivity contribution < 1.29 is 4.79 Å². The van der Waals surface area contributed by atoms with Crippen LogP contribution >= 0.6 is 23.4 Å². The van der Waals surface area contributed by atoms with E-state index in [-0.39, 0.29) is 0 Å². The number of hydrogen-bond acceptors (Lipinski definition) is 3. The summed E-state index contributed by atoms with van der Waals surface area (Å²) in [6, 6.07) is 8.01. The minimum absolute atomic E-state index is 0.323. The van der Waals surface area contributed by atoms with Gasteiger partial charge in [-0.1, -0.05) is 30.2 Å². The van der Waals surface area contributed by atoms with Crippen molar-refractivity contribution in [2.45, 2.75) is 37.9 Å². The molecule has 2 aliphatic heterocycles. The second-order valence-corrected chi connectivity index (χ2v) is 8.01. The summed E-state index contributed by atoms with van der Waals surface area (Å²) >= 11 is 7.78. The summed E-state index contributed by atoms with van der Waals surface area (Å²) < 4.78 is 0. The summed E-state index contributed by atoms with van der Waals surface area (Å²) in [7, 11) is 0. The average molecular weight is 336 g/mol. The van der Waals surface area contributed by atoms with Gasteiger partial charge in [0.25, 0.3) is 0 Å². The fourth-order valence-electron chi connectivity index (χ4n) is 3.24. The van der Waals surface area contributed by atoms with Crippen LogP contribution in [0.15, 0.2) is 34.7 Å². The number of rotatable bonds is 4. The summed E-state index contributed by atoms with van der Waals surface area (Å²) in [4.78, 5) is 16.1. The van der Waals surface area contributed by atoms with E-state index >= 15 is 0 Å². The Morgan fingerprint density at radius 2 is 1.91 bits per heavy atom. The van der Waals surface area contributed by atoms with Crippen LogP contribution in [0.4, 0.5) is 0 Å². The quantitative estimate of drug-likeness (QED) is 0.784. The van der Waals surface area contributed by atoms with E-state index < -0.39 is 0 Å². The summed E-state index contributed by atoms with van der Waals surface area (Å²) in [6.45, 7) is 4.84. The number of carbonyl (C=O) groups is 1. The van der Waals surface area contributed by atoms with E-state index in [1.165, 1.54) is 29.7 Å². The predicted octanol–water partition coefficient (Wildman–Crippen LogP) is 4.85. The van der Waals surface area contributed by atoms with Crippen molar-refractivity contribution in [3.05, 3.63) is 45.3 Å². The van der Waals surface area contributed by atoms with Gasteiger partial charge < -0.3 is 0 Å². The van der Waals surface area contributed by atoms with Crippen molar-refractivity contribution in [2.75, 3.05) is 19.6 Å². The van der Waals surface area contributed by atoms with Gasteiger partial charge in [0.15, 0.2) is 5.78 Å². The van der Waals surface area contributed by atoms with Crippen LogP contribution in [0.5, 0.6) is 0 Å². The van der Waals surface area contributed by atoms with Crippen molar-refractivity contribution in [2.24, 2.45) is 0 Å². The molecule has 4 heteroatoms. The lowest BCUT2D eigenvalue weighted by Gasteiger charge is -2.25. The third-order valence-electron chi connectivity index (χ3n) is 4.53. The number of thioether (sulfide) groups is 1. The van der Waals surface area contributed by atoms with Gasteiger partial charge in [-0.05, 0) is 61.9 Å². The van der Waals surface area contributed by atoms with Crippen LogP contribution in [0.1, 0.15) is 43.4 Å². The fourth-order valence-corrected chi connectivity index (χ4v) is 4.68. The molecule has 1 saturated heterocycles. The zero-order valence-corrected chi connectivity index (χ0v) is 14.6. The minimum atomic E-state index is 0.323. The Kier molecular flexibility index (Phi) is 5.27. The maximum atomic E-state index is 12.6. The smallest absolute Gasteiger partial charge is 0.173 e. The molecule has 2 heterocycles. The number of carbonyl (C=O) groups excluding carboxylic acids is 1. The van der Waals surface area contributed by atoms with Crippen LogP contribution in [0.25, 0.3) is 0 Å². The Bertz CT molecular complexity index is 575. The Balaban J connectivity index is 1.63. The number of ketones is 1. The molecular weight excluding hydrogens is 314 g/mol. The van der Waals surface area contributed by atoms with Gasteiger partial charge >= 0.3 is 0 Å². The molecule has 0 spiro atoms. The highest BCUT2D eigenvalue weighted by molar-refractivity contribution is 8.03. The van der Waals surface area contributed by atoms with Crippen molar-refractivity contribution in [1.82, 2.24) is 4.90 Å². The highest BCUT2D eigenvalue weighted by Crippen LogP contribution is 2.47. The molecule has 0 saturated carbocycles. The van der Waals surface area contributed by atoms with Gasteiger partial charge in [-0.15, -0.1) is 11.8 Å². The minimum Gasteiger partial charge on any atom is -0.296 e. The molecule has 0 bridgehead atoms. The number of nitrogens with zero attached hydrogens (tertiary/aromatic N) is 1.